The van der Waals surface area contributed by atoms with Gasteiger partial charge in [-0.05, 0) is 30.9 Å². The van der Waals surface area contributed by atoms with Crippen molar-refractivity contribution in [2.45, 2.75) is 30.8 Å². The van der Waals surface area contributed by atoms with Crippen molar-refractivity contribution < 1.29 is 9.53 Å². The molecule has 1 N–H and O–H groups in total. The van der Waals surface area contributed by atoms with Crippen molar-refractivity contribution in [1.29, 1.82) is 0 Å². The first-order chi connectivity index (χ1) is 12.8. The monoisotopic (exact) mass is 385 g/mol. The van der Waals surface area contributed by atoms with Crippen LogP contribution in [0.15, 0.2) is 35.6 Å². The van der Waals surface area contributed by atoms with E-state index >= 15 is 0 Å². The van der Waals surface area contributed by atoms with Crippen LogP contribution in [0, 0.1) is 0 Å². The molecule has 4 rings (SSSR count). The number of nitrogens with zero attached hydrogens (tertiary/aromatic N) is 2. The van der Waals surface area contributed by atoms with Gasteiger partial charge < -0.3 is 10.1 Å². The fourth-order valence-corrected chi connectivity index (χ4v) is 5.39. The molecule has 7 heteroatoms. The van der Waals surface area contributed by atoms with Gasteiger partial charge in [0.1, 0.15) is 21.9 Å². The molecule has 1 aromatic carbocycles. The number of aromatic nitrogens is 2. The summed E-state index contributed by atoms with van der Waals surface area (Å²) in [6, 6.07) is 7.70. The van der Waals surface area contributed by atoms with Crippen LogP contribution in [0.1, 0.15) is 22.4 Å². The van der Waals surface area contributed by atoms with Gasteiger partial charge in [0, 0.05) is 22.4 Å². The minimum absolute atomic E-state index is 0.0143. The average molecular weight is 386 g/mol. The first-order valence-corrected chi connectivity index (χ1v) is 10.3. The van der Waals surface area contributed by atoms with Crippen LogP contribution in [0.4, 0.5) is 0 Å². The number of benzene rings is 1. The van der Waals surface area contributed by atoms with Crippen LogP contribution in [-0.4, -0.2) is 28.7 Å². The van der Waals surface area contributed by atoms with Crippen LogP contribution in [0.2, 0.25) is 0 Å². The molecule has 0 saturated heterocycles. The number of hydrogen-bond acceptors (Lipinski definition) is 6. The summed E-state index contributed by atoms with van der Waals surface area (Å²) >= 11 is 3.25. The SMILES string of the molecule is COc1ccccc1CNC(=O)CSc1ncnc2sc3c(c12)CCC3. The number of para-hydroxylation sites is 1. The largest absolute Gasteiger partial charge is 0.496 e. The standard InChI is InChI=1S/C19H19N3O2S2/c1-24-14-7-3-2-5-12(14)9-20-16(23)10-25-18-17-13-6-4-8-15(13)26-19(17)22-11-21-18/h2-3,5,7,11H,4,6,8-10H2,1H3,(H,20,23). The van der Waals surface area contributed by atoms with E-state index < -0.39 is 0 Å². The fraction of sp³-hybridized carbons (Fsp3) is 0.316. The second kappa shape index (κ2) is 7.63. The van der Waals surface area contributed by atoms with Crippen LogP contribution >= 0.6 is 23.1 Å². The third kappa shape index (κ3) is 3.41. The Labute approximate surface area is 160 Å². The quantitative estimate of drug-likeness (QED) is 0.519. The second-order valence-electron chi connectivity index (χ2n) is 6.09. The molecule has 0 fully saturated rings. The summed E-state index contributed by atoms with van der Waals surface area (Å²) in [6.07, 6.45) is 5.04. The number of thioether (sulfide) groups is 1. The molecule has 0 aliphatic heterocycles. The van der Waals surface area contributed by atoms with Crippen molar-refractivity contribution in [2.24, 2.45) is 0 Å². The topological polar surface area (TPSA) is 64.1 Å². The lowest BCUT2D eigenvalue weighted by molar-refractivity contribution is -0.118. The fourth-order valence-electron chi connectivity index (χ4n) is 3.24. The maximum Gasteiger partial charge on any atom is 0.230 e. The Hall–Kier alpha value is -2.12. The van der Waals surface area contributed by atoms with Crippen molar-refractivity contribution in [3.8, 4) is 5.75 Å². The maximum atomic E-state index is 12.3. The third-order valence-corrected chi connectivity index (χ3v) is 6.66. The lowest BCUT2D eigenvalue weighted by Crippen LogP contribution is -2.24. The summed E-state index contributed by atoms with van der Waals surface area (Å²) in [6.45, 7) is 0.455. The van der Waals surface area contributed by atoms with Crippen LogP contribution < -0.4 is 10.1 Å². The van der Waals surface area contributed by atoms with Gasteiger partial charge in [0.15, 0.2) is 0 Å². The first kappa shape index (κ1) is 17.3. The summed E-state index contributed by atoms with van der Waals surface area (Å²) in [5.74, 6) is 1.11. The van der Waals surface area contributed by atoms with Gasteiger partial charge in [-0.25, -0.2) is 9.97 Å². The summed E-state index contributed by atoms with van der Waals surface area (Å²) in [5, 5.41) is 5.04. The van der Waals surface area contributed by atoms with E-state index in [0.29, 0.717) is 12.3 Å². The number of hydrogen-bond donors (Lipinski definition) is 1. The minimum atomic E-state index is -0.0143. The van der Waals surface area contributed by atoms with Crippen LogP contribution in [0.5, 0.6) is 5.75 Å². The zero-order valence-electron chi connectivity index (χ0n) is 14.4. The number of carbonyl (C=O) groups is 1. The zero-order valence-corrected chi connectivity index (χ0v) is 16.1. The molecule has 0 atom stereocenters. The Bertz CT molecular complexity index is 955. The molecule has 3 aromatic rings. The van der Waals surface area contributed by atoms with Gasteiger partial charge in [-0.2, -0.15) is 0 Å². The Balaban J connectivity index is 1.41. The lowest BCUT2D eigenvalue weighted by Gasteiger charge is -2.09. The molecule has 0 bridgehead atoms. The molecule has 2 heterocycles. The molecule has 0 spiro atoms. The molecular formula is C19H19N3O2S2. The number of amides is 1. The summed E-state index contributed by atoms with van der Waals surface area (Å²) in [5.41, 5.74) is 2.36. The molecule has 1 aliphatic carbocycles. The molecule has 26 heavy (non-hydrogen) atoms. The maximum absolute atomic E-state index is 12.3. The molecule has 134 valence electrons. The molecule has 2 aromatic heterocycles. The predicted molar refractivity (Wildman–Crippen MR) is 105 cm³/mol. The number of rotatable bonds is 6. The third-order valence-electron chi connectivity index (χ3n) is 4.48. The molecule has 0 unspecified atom stereocenters. The molecule has 5 nitrogen and oxygen atoms in total. The van der Waals surface area contributed by atoms with Gasteiger partial charge in [0.2, 0.25) is 5.91 Å². The highest BCUT2D eigenvalue weighted by molar-refractivity contribution is 8.00. The number of ether oxygens (including phenoxy) is 1. The van der Waals surface area contributed by atoms with Gasteiger partial charge in [-0.1, -0.05) is 30.0 Å². The van der Waals surface area contributed by atoms with Crippen molar-refractivity contribution in [3.63, 3.8) is 0 Å². The van der Waals surface area contributed by atoms with E-state index in [1.54, 1.807) is 24.8 Å². The van der Waals surface area contributed by atoms with Gasteiger partial charge in [0.05, 0.1) is 12.9 Å². The van der Waals surface area contributed by atoms with Crippen molar-refractivity contribution in [3.05, 3.63) is 46.6 Å². The number of fused-ring (bicyclic) bond motifs is 3. The highest BCUT2D eigenvalue weighted by Crippen LogP contribution is 2.39. The van der Waals surface area contributed by atoms with Gasteiger partial charge in [-0.3, -0.25) is 4.79 Å². The van der Waals surface area contributed by atoms with E-state index in [4.69, 9.17) is 4.74 Å². The smallest absolute Gasteiger partial charge is 0.230 e. The summed E-state index contributed by atoms with van der Waals surface area (Å²) < 4.78 is 5.32. The lowest BCUT2D eigenvalue weighted by atomic mass is 10.2. The van der Waals surface area contributed by atoms with E-state index in [1.807, 2.05) is 24.3 Å². The van der Waals surface area contributed by atoms with E-state index in [0.717, 1.165) is 39.4 Å². The van der Waals surface area contributed by atoms with Gasteiger partial charge in [0.25, 0.3) is 0 Å². The zero-order chi connectivity index (χ0) is 17.9. The van der Waals surface area contributed by atoms with Crippen LogP contribution in [0.25, 0.3) is 10.2 Å². The molecule has 0 saturated carbocycles. The molecular weight excluding hydrogens is 366 g/mol. The molecule has 1 amide bonds. The number of thiophene rings is 1. The van der Waals surface area contributed by atoms with E-state index in [2.05, 4.69) is 15.3 Å². The van der Waals surface area contributed by atoms with Crippen LogP contribution in [-0.2, 0) is 24.2 Å². The van der Waals surface area contributed by atoms with E-state index in [-0.39, 0.29) is 5.91 Å². The number of nitrogens with one attached hydrogen (secondary N) is 1. The Morgan fingerprint density at radius 3 is 3.08 bits per heavy atom. The van der Waals surface area contributed by atoms with Crippen molar-refractivity contribution in [1.82, 2.24) is 15.3 Å². The Morgan fingerprint density at radius 1 is 1.31 bits per heavy atom. The molecule has 0 radical (unpaired) electrons. The highest BCUT2D eigenvalue weighted by Gasteiger charge is 2.21. The van der Waals surface area contributed by atoms with Crippen LogP contribution in [0.3, 0.4) is 0 Å². The molecule has 1 aliphatic rings. The predicted octanol–water partition coefficient (Wildman–Crippen LogP) is 3.60. The summed E-state index contributed by atoms with van der Waals surface area (Å²) in [4.78, 5) is 23.6. The van der Waals surface area contributed by atoms with E-state index in [9.17, 15) is 4.79 Å². The first-order valence-electron chi connectivity index (χ1n) is 8.53. The normalized spacial score (nSPS) is 13.0. The number of methoxy groups -OCH3 is 1. The van der Waals surface area contributed by atoms with E-state index in [1.165, 1.54) is 28.6 Å². The highest BCUT2D eigenvalue weighted by atomic mass is 32.2. The second-order valence-corrected chi connectivity index (χ2v) is 8.14. The number of aryl methyl sites for hydroxylation is 2. The Kier molecular flexibility index (Phi) is 5.08. The van der Waals surface area contributed by atoms with Gasteiger partial charge >= 0.3 is 0 Å². The summed E-state index contributed by atoms with van der Waals surface area (Å²) in [7, 11) is 1.64. The average Bonchev–Trinajstić information content (AvgIpc) is 3.26. The minimum Gasteiger partial charge on any atom is -0.496 e. The van der Waals surface area contributed by atoms with Crippen molar-refractivity contribution in [2.75, 3.05) is 12.9 Å². The van der Waals surface area contributed by atoms with Gasteiger partial charge in [-0.15, -0.1) is 11.3 Å². The number of carbonyl (C=O) groups excluding carboxylic acids is 1. The Morgan fingerprint density at radius 2 is 2.19 bits per heavy atom. The van der Waals surface area contributed by atoms with Crippen molar-refractivity contribution >= 4 is 39.2 Å².